The smallest absolute Gasteiger partial charge is 0.243 e. The molecule has 5 nitrogen and oxygen atoms in total. The summed E-state index contributed by atoms with van der Waals surface area (Å²) in [5, 5.41) is 6.36. The first kappa shape index (κ1) is 14.7. The SMILES string of the molecule is CCCC(=O)N1CSCC1C(=O)NC1CCCNC1. The monoisotopic (exact) mass is 285 g/mol. The van der Waals surface area contributed by atoms with Gasteiger partial charge < -0.3 is 15.5 Å². The van der Waals surface area contributed by atoms with Gasteiger partial charge in [-0.1, -0.05) is 6.92 Å². The van der Waals surface area contributed by atoms with Crippen LogP contribution < -0.4 is 10.6 Å². The lowest BCUT2D eigenvalue weighted by atomic mass is 10.1. The lowest BCUT2D eigenvalue weighted by molar-refractivity contribution is -0.138. The maximum Gasteiger partial charge on any atom is 0.243 e. The summed E-state index contributed by atoms with van der Waals surface area (Å²) in [6.45, 7) is 3.87. The van der Waals surface area contributed by atoms with Crippen LogP contribution in [0.5, 0.6) is 0 Å². The Labute approximate surface area is 118 Å². The Morgan fingerprint density at radius 1 is 1.47 bits per heavy atom. The minimum Gasteiger partial charge on any atom is -0.350 e. The Balaban J connectivity index is 1.87. The molecule has 0 aromatic heterocycles. The van der Waals surface area contributed by atoms with Crippen molar-refractivity contribution in [2.24, 2.45) is 0 Å². The van der Waals surface area contributed by atoms with Crippen molar-refractivity contribution < 1.29 is 9.59 Å². The highest BCUT2D eigenvalue weighted by Crippen LogP contribution is 2.22. The molecule has 2 unspecified atom stereocenters. The van der Waals surface area contributed by atoms with E-state index in [0.29, 0.717) is 12.3 Å². The Morgan fingerprint density at radius 2 is 2.32 bits per heavy atom. The maximum atomic E-state index is 12.3. The number of carbonyl (C=O) groups is 2. The topological polar surface area (TPSA) is 61.4 Å². The van der Waals surface area contributed by atoms with E-state index in [1.54, 1.807) is 16.7 Å². The molecule has 2 saturated heterocycles. The fraction of sp³-hybridized carbons (Fsp3) is 0.846. The van der Waals surface area contributed by atoms with E-state index in [1.807, 2.05) is 6.92 Å². The van der Waals surface area contributed by atoms with Crippen molar-refractivity contribution in [3.05, 3.63) is 0 Å². The van der Waals surface area contributed by atoms with Crippen molar-refractivity contribution in [1.29, 1.82) is 0 Å². The fourth-order valence-electron chi connectivity index (χ4n) is 2.54. The molecule has 2 rings (SSSR count). The maximum absolute atomic E-state index is 12.3. The Morgan fingerprint density at radius 3 is 3.00 bits per heavy atom. The van der Waals surface area contributed by atoms with Crippen molar-refractivity contribution in [1.82, 2.24) is 15.5 Å². The predicted molar refractivity (Wildman–Crippen MR) is 76.9 cm³/mol. The zero-order chi connectivity index (χ0) is 13.7. The quantitative estimate of drug-likeness (QED) is 0.792. The molecule has 0 aromatic rings. The van der Waals surface area contributed by atoms with Crippen LogP contribution in [0.3, 0.4) is 0 Å². The minimum absolute atomic E-state index is 0.0168. The van der Waals surface area contributed by atoms with Crippen LogP contribution in [0.2, 0.25) is 0 Å². The molecule has 2 amide bonds. The fourth-order valence-corrected chi connectivity index (χ4v) is 3.72. The zero-order valence-electron chi connectivity index (χ0n) is 11.5. The average Bonchev–Trinajstić information content (AvgIpc) is 2.89. The second-order valence-electron chi connectivity index (χ2n) is 5.18. The summed E-state index contributed by atoms with van der Waals surface area (Å²) in [4.78, 5) is 26.0. The third-order valence-electron chi connectivity index (χ3n) is 3.61. The lowest BCUT2D eigenvalue weighted by Gasteiger charge is -2.28. The van der Waals surface area contributed by atoms with Crippen LogP contribution in [0, 0.1) is 0 Å². The summed E-state index contributed by atoms with van der Waals surface area (Å²) in [7, 11) is 0. The molecule has 2 aliphatic rings. The Hall–Kier alpha value is -0.750. The second-order valence-corrected chi connectivity index (χ2v) is 6.18. The van der Waals surface area contributed by atoms with Gasteiger partial charge in [-0.25, -0.2) is 0 Å². The molecule has 0 saturated carbocycles. The van der Waals surface area contributed by atoms with E-state index in [-0.39, 0.29) is 23.9 Å². The van der Waals surface area contributed by atoms with Crippen LogP contribution in [-0.2, 0) is 9.59 Å². The van der Waals surface area contributed by atoms with Crippen LogP contribution in [0.4, 0.5) is 0 Å². The van der Waals surface area contributed by atoms with Crippen LogP contribution in [0.15, 0.2) is 0 Å². The van der Waals surface area contributed by atoms with Crippen LogP contribution in [-0.4, -0.2) is 53.5 Å². The van der Waals surface area contributed by atoms with E-state index >= 15 is 0 Å². The summed E-state index contributed by atoms with van der Waals surface area (Å²) < 4.78 is 0. The highest BCUT2D eigenvalue weighted by molar-refractivity contribution is 7.99. The molecule has 0 spiro atoms. The van der Waals surface area contributed by atoms with E-state index in [0.717, 1.165) is 38.1 Å². The van der Waals surface area contributed by atoms with Gasteiger partial charge in [-0.15, -0.1) is 11.8 Å². The van der Waals surface area contributed by atoms with Gasteiger partial charge in [-0.05, 0) is 25.8 Å². The van der Waals surface area contributed by atoms with Gasteiger partial charge in [0, 0.05) is 24.8 Å². The van der Waals surface area contributed by atoms with Gasteiger partial charge in [-0.2, -0.15) is 0 Å². The third kappa shape index (κ3) is 3.86. The number of nitrogens with one attached hydrogen (secondary N) is 2. The molecular weight excluding hydrogens is 262 g/mol. The number of amides is 2. The average molecular weight is 285 g/mol. The van der Waals surface area contributed by atoms with Crippen molar-refractivity contribution in [2.45, 2.75) is 44.7 Å². The first-order valence-electron chi connectivity index (χ1n) is 7.10. The van der Waals surface area contributed by atoms with Crippen LogP contribution in [0.25, 0.3) is 0 Å². The standard InChI is InChI=1S/C13H23N3O2S/c1-2-4-12(17)16-9-19-8-11(16)13(18)15-10-5-3-6-14-7-10/h10-11,14H,2-9H2,1H3,(H,15,18). The molecular formula is C13H23N3O2S. The number of piperidine rings is 1. The molecule has 0 radical (unpaired) electrons. The van der Waals surface area contributed by atoms with E-state index in [1.165, 1.54) is 0 Å². The van der Waals surface area contributed by atoms with Gasteiger partial charge in [0.1, 0.15) is 6.04 Å². The van der Waals surface area contributed by atoms with Gasteiger partial charge in [0.05, 0.1) is 5.88 Å². The first-order chi connectivity index (χ1) is 9.22. The highest BCUT2D eigenvalue weighted by atomic mass is 32.2. The van der Waals surface area contributed by atoms with Crippen molar-refractivity contribution in [3.63, 3.8) is 0 Å². The molecule has 0 aromatic carbocycles. The van der Waals surface area contributed by atoms with Gasteiger partial charge in [0.2, 0.25) is 11.8 Å². The number of rotatable bonds is 4. The number of hydrogen-bond acceptors (Lipinski definition) is 4. The molecule has 19 heavy (non-hydrogen) atoms. The Bertz CT molecular complexity index is 332. The van der Waals surface area contributed by atoms with Crippen LogP contribution in [0.1, 0.15) is 32.6 Å². The number of nitrogens with zero attached hydrogens (tertiary/aromatic N) is 1. The normalized spacial score (nSPS) is 27.3. The number of thioether (sulfide) groups is 1. The van der Waals surface area contributed by atoms with Crippen molar-refractivity contribution in [3.8, 4) is 0 Å². The summed E-state index contributed by atoms with van der Waals surface area (Å²) in [6, 6.07) is -0.0547. The molecule has 2 heterocycles. The summed E-state index contributed by atoms with van der Waals surface area (Å²) in [6.07, 6.45) is 3.50. The van der Waals surface area contributed by atoms with E-state index in [9.17, 15) is 9.59 Å². The summed E-state index contributed by atoms with van der Waals surface area (Å²) in [5.74, 6) is 1.50. The third-order valence-corrected chi connectivity index (χ3v) is 4.62. The van der Waals surface area contributed by atoms with E-state index < -0.39 is 0 Å². The highest BCUT2D eigenvalue weighted by Gasteiger charge is 2.34. The van der Waals surface area contributed by atoms with Gasteiger partial charge >= 0.3 is 0 Å². The van der Waals surface area contributed by atoms with E-state index in [2.05, 4.69) is 10.6 Å². The molecule has 2 aliphatic heterocycles. The number of hydrogen-bond donors (Lipinski definition) is 2. The first-order valence-corrected chi connectivity index (χ1v) is 8.26. The lowest BCUT2D eigenvalue weighted by Crippen LogP contribution is -2.53. The predicted octanol–water partition coefficient (Wildman–Crippen LogP) is 0.556. The number of carbonyl (C=O) groups excluding carboxylic acids is 2. The Kier molecular flexibility index (Phi) is 5.51. The van der Waals surface area contributed by atoms with Crippen LogP contribution >= 0.6 is 11.8 Å². The largest absolute Gasteiger partial charge is 0.350 e. The summed E-state index contributed by atoms with van der Waals surface area (Å²) >= 11 is 1.66. The second kappa shape index (κ2) is 7.14. The van der Waals surface area contributed by atoms with Crippen molar-refractivity contribution >= 4 is 23.6 Å². The van der Waals surface area contributed by atoms with Gasteiger partial charge in [0.15, 0.2) is 0 Å². The van der Waals surface area contributed by atoms with Crippen molar-refractivity contribution in [2.75, 3.05) is 24.7 Å². The van der Waals surface area contributed by atoms with E-state index in [4.69, 9.17) is 0 Å². The molecule has 2 fully saturated rings. The van der Waals surface area contributed by atoms with Gasteiger partial charge in [-0.3, -0.25) is 9.59 Å². The molecule has 0 aliphatic carbocycles. The zero-order valence-corrected chi connectivity index (χ0v) is 12.3. The summed E-state index contributed by atoms with van der Waals surface area (Å²) in [5.41, 5.74) is 0. The molecule has 108 valence electrons. The molecule has 2 N–H and O–H groups in total. The van der Waals surface area contributed by atoms with Gasteiger partial charge in [0.25, 0.3) is 0 Å². The molecule has 2 atom stereocenters. The molecule has 6 heteroatoms. The minimum atomic E-state index is -0.272. The molecule has 0 bridgehead atoms.